The Morgan fingerprint density at radius 1 is 1.53 bits per heavy atom. The fraction of sp³-hybridized carbons (Fsp3) is 0.417. The van der Waals surface area contributed by atoms with Crippen molar-refractivity contribution in [3.63, 3.8) is 0 Å². The summed E-state index contributed by atoms with van der Waals surface area (Å²) in [4.78, 5) is 29.3. The topological polar surface area (TPSA) is 62.3 Å². The molecule has 0 aromatic carbocycles. The molecule has 0 saturated carbocycles. The average Bonchev–Trinajstić information content (AvgIpc) is 2.54. The Balaban J connectivity index is 2.19. The zero-order valence-corrected chi connectivity index (χ0v) is 9.77. The molecule has 1 saturated heterocycles. The van der Waals surface area contributed by atoms with Crippen LogP contribution in [0.3, 0.4) is 0 Å². The SMILES string of the molecule is Cc1ncccc1C(=O)N1CCCNC(=O)C1. The minimum absolute atomic E-state index is 0.0996. The van der Waals surface area contributed by atoms with Gasteiger partial charge in [0.25, 0.3) is 5.91 Å². The van der Waals surface area contributed by atoms with Gasteiger partial charge in [-0.2, -0.15) is 0 Å². The predicted octanol–water partition coefficient (Wildman–Crippen LogP) is 0.352. The summed E-state index contributed by atoms with van der Waals surface area (Å²) in [6.45, 7) is 3.17. The van der Waals surface area contributed by atoms with Crippen molar-refractivity contribution < 1.29 is 9.59 Å². The van der Waals surface area contributed by atoms with Crippen molar-refractivity contribution >= 4 is 11.8 Å². The van der Waals surface area contributed by atoms with E-state index in [0.29, 0.717) is 24.3 Å². The fourth-order valence-corrected chi connectivity index (χ4v) is 1.86. The lowest BCUT2D eigenvalue weighted by Crippen LogP contribution is -2.37. The number of pyridine rings is 1. The third kappa shape index (κ3) is 2.61. The van der Waals surface area contributed by atoms with Crippen LogP contribution in [0.5, 0.6) is 0 Å². The molecular formula is C12H15N3O2. The van der Waals surface area contributed by atoms with Crippen LogP contribution in [-0.4, -0.2) is 41.3 Å². The summed E-state index contributed by atoms with van der Waals surface area (Å²) in [6.07, 6.45) is 2.44. The van der Waals surface area contributed by atoms with E-state index in [9.17, 15) is 9.59 Å². The first kappa shape index (κ1) is 11.6. The van der Waals surface area contributed by atoms with Gasteiger partial charge in [0, 0.05) is 25.0 Å². The number of nitrogens with zero attached hydrogens (tertiary/aromatic N) is 2. The van der Waals surface area contributed by atoms with Crippen molar-refractivity contribution in [1.29, 1.82) is 0 Å². The lowest BCUT2D eigenvalue weighted by atomic mass is 10.2. The average molecular weight is 233 g/mol. The summed E-state index contributed by atoms with van der Waals surface area (Å²) in [5, 5.41) is 2.75. The number of aryl methyl sites for hydroxylation is 1. The second-order valence-corrected chi connectivity index (χ2v) is 4.07. The quantitative estimate of drug-likeness (QED) is 0.761. The highest BCUT2D eigenvalue weighted by molar-refractivity contribution is 5.97. The maximum Gasteiger partial charge on any atom is 0.256 e. The number of carbonyl (C=O) groups excluding carboxylic acids is 2. The molecule has 17 heavy (non-hydrogen) atoms. The van der Waals surface area contributed by atoms with E-state index in [2.05, 4.69) is 10.3 Å². The summed E-state index contributed by atoms with van der Waals surface area (Å²) in [6, 6.07) is 3.48. The fourth-order valence-electron chi connectivity index (χ4n) is 1.86. The Kier molecular flexibility index (Phi) is 3.37. The lowest BCUT2D eigenvalue weighted by Gasteiger charge is -2.19. The largest absolute Gasteiger partial charge is 0.354 e. The normalized spacial score (nSPS) is 16.3. The van der Waals surface area contributed by atoms with Gasteiger partial charge < -0.3 is 10.2 Å². The number of aromatic nitrogens is 1. The van der Waals surface area contributed by atoms with Gasteiger partial charge in [-0.05, 0) is 25.5 Å². The van der Waals surface area contributed by atoms with Gasteiger partial charge in [-0.3, -0.25) is 14.6 Å². The second-order valence-electron chi connectivity index (χ2n) is 4.07. The van der Waals surface area contributed by atoms with Gasteiger partial charge in [0.15, 0.2) is 0 Å². The van der Waals surface area contributed by atoms with Crippen LogP contribution in [0, 0.1) is 6.92 Å². The number of hydrogen-bond donors (Lipinski definition) is 1. The van der Waals surface area contributed by atoms with Crippen LogP contribution in [-0.2, 0) is 4.79 Å². The molecule has 0 atom stereocenters. The van der Waals surface area contributed by atoms with Gasteiger partial charge in [-0.1, -0.05) is 0 Å². The van der Waals surface area contributed by atoms with Gasteiger partial charge in [-0.15, -0.1) is 0 Å². The van der Waals surface area contributed by atoms with E-state index in [1.165, 1.54) is 0 Å². The number of carbonyl (C=O) groups is 2. The van der Waals surface area contributed by atoms with Crippen LogP contribution >= 0.6 is 0 Å². The van der Waals surface area contributed by atoms with Crippen LogP contribution in [0.2, 0.25) is 0 Å². The maximum atomic E-state index is 12.2. The molecule has 1 aliphatic rings. The Bertz CT molecular complexity index is 445. The van der Waals surface area contributed by atoms with Crippen molar-refractivity contribution in [3.05, 3.63) is 29.6 Å². The first-order chi connectivity index (χ1) is 8.18. The molecule has 1 aliphatic heterocycles. The smallest absolute Gasteiger partial charge is 0.256 e. The van der Waals surface area contributed by atoms with Crippen LogP contribution < -0.4 is 5.32 Å². The molecule has 2 heterocycles. The Labute approximate surface area is 99.8 Å². The molecule has 5 heteroatoms. The van der Waals surface area contributed by atoms with Gasteiger partial charge in [0.1, 0.15) is 0 Å². The zero-order chi connectivity index (χ0) is 12.3. The van der Waals surface area contributed by atoms with Gasteiger partial charge in [0.05, 0.1) is 12.1 Å². The van der Waals surface area contributed by atoms with Gasteiger partial charge in [-0.25, -0.2) is 0 Å². The van der Waals surface area contributed by atoms with E-state index in [-0.39, 0.29) is 18.4 Å². The Morgan fingerprint density at radius 3 is 3.12 bits per heavy atom. The molecule has 0 radical (unpaired) electrons. The molecular weight excluding hydrogens is 218 g/mol. The number of hydrogen-bond acceptors (Lipinski definition) is 3. The molecule has 0 bridgehead atoms. The Morgan fingerprint density at radius 2 is 2.35 bits per heavy atom. The molecule has 0 unspecified atom stereocenters. The highest BCUT2D eigenvalue weighted by Gasteiger charge is 2.22. The van der Waals surface area contributed by atoms with Crippen LogP contribution in [0.4, 0.5) is 0 Å². The van der Waals surface area contributed by atoms with E-state index >= 15 is 0 Å². The summed E-state index contributed by atoms with van der Waals surface area (Å²) in [7, 11) is 0. The van der Waals surface area contributed by atoms with Crippen LogP contribution in [0.1, 0.15) is 22.5 Å². The highest BCUT2D eigenvalue weighted by atomic mass is 16.2. The highest BCUT2D eigenvalue weighted by Crippen LogP contribution is 2.09. The van der Waals surface area contributed by atoms with E-state index in [1.807, 2.05) is 0 Å². The van der Waals surface area contributed by atoms with Crippen molar-refractivity contribution in [3.8, 4) is 0 Å². The first-order valence-electron chi connectivity index (χ1n) is 5.66. The minimum Gasteiger partial charge on any atom is -0.354 e. The number of rotatable bonds is 1. The lowest BCUT2D eigenvalue weighted by molar-refractivity contribution is -0.121. The number of nitrogens with one attached hydrogen (secondary N) is 1. The molecule has 2 amide bonds. The molecule has 1 aromatic heterocycles. The van der Waals surface area contributed by atoms with E-state index in [0.717, 1.165) is 6.42 Å². The number of amides is 2. The van der Waals surface area contributed by atoms with E-state index < -0.39 is 0 Å². The standard InChI is InChI=1S/C12H15N3O2/c1-9-10(4-2-5-13-9)12(17)15-7-3-6-14-11(16)8-15/h2,4-5H,3,6-8H2,1H3,(H,14,16). The minimum atomic E-state index is -0.118. The molecule has 1 fully saturated rings. The third-order valence-corrected chi connectivity index (χ3v) is 2.79. The third-order valence-electron chi connectivity index (χ3n) is 2.79. The second kappa shape index (κ2) is 4.95. The molecule has 2 rings (SSSR count). The van der Waals surface area contributed by atoms with Crippen molar-refractivity contribution in [2.75, 3.05) is 19.6 Å². The molecule has 5 nitrogen and oxygen atoms in total. The van der Waals surface area contributed by atoms with E-state index in [4.69, 9.17) is 0 Å². The molecule has 0 aliphatic carbocycles. The monoisotopic (exact) mass is 233 g/mol. The first-order valence-corrected chi connectivity index (χ1v) is 5.66. The molecule has 0 spiro atoms. The van der Waals surface area contributed by atoms with Crippen LogP contribution in [0.15, 0.2) is 18.3 Å². The van der Waals surface area contributed by atoms with Crippen molar-refractivity contribution in [2.45, 2.75) is 13.3 Å². The maximum absolute atomic E-state index is 12.2. The molecule has 90 valence electrons. The predicted molar refractivity (Wildman–Crippen MR) is 62.5 cm³/mol. The van der Waals surface area contributed by atoms with E-state index in [1.54, 1.807) is 30.2 Å². The summed E-state index contributed by atoms with van der Waals surface area (Å²) in [5.74, 6) is -0.218. The van der Waals surface area contributed by atoms with Crippen LogP contribution in [0.25, 0.3) is 0 Å². The van der Waals surface area contributed by atoms with Crippen molar-refractivity contribution in [1.82, 2.24) is 15.2 Å². The zero-order valence-electron chi connectivity index (χ0n) is 9.77. The van der Waals surface area contributed by atoms with Gasteiger partial charge >= 0.3 is 0 Å². The molecule has 1 aromatic rings. The Hall–Kier alpha value is -1.91. The summed E-state index contributed by atoms with van der Waals surface area (Å²) < 4.78 is 0. The summed E-state index contributed by atoms with van der Waals surface area (Å²) in [5.41, 5.74) is 1.27. The molecule has 1 N–H and O–H groups in total. The van der Waals surface area contributed by atoms with Crippen molar-refractivity contribution in [2.24, 2.45) is 0 Å². The summed E-state index contributed by atoms with van der Waals surface area (Å²) >= 11 is 0. The van der Waals surface area contributed by atoms with Gasteiger partial charge in [0.2, 0.25) is 5.91 Å².